The van der Waals surface area contributed by atoms with Crippen LogP contribution in [0.3, 0.4) is 0 Å². The minimum Gasteiger partial charge on any atom is -0.258 e. The fourth-order valence-corrected chi connectivity index (χ4v) is 1.18. The number of rotatable bonds is 1. The Morgan fingerprint density at radius 1 is 1.58 bits per heavy atom. The summed E-state index contributed by atoms with van der Waals surface area (Å²) in [5.74, 6) is -0.794. The van der Waals surface area contributed by atoms with E-state index >= 15 is 0 Å². The molecular weight excluding hydrogens is 181 g/mol. The molecule has 0 aromatic heterocycles. The van der Waals surface area contributed by atoms with Crippen molar-refractivity contribution in [1.82, 2.24) is 0 Å². The van der Waals surface area contributed by atoms with Gasteiger partial charge >= 0.3 is 5.69 Å². The highest BCUT2D eigenvalue weighted by Gasteiger charge is 2.16. The summed E-state index contributed by atoms with van der Waals surface area (Å²) >= 11 is 3.89. The Bertz CT molecular complexity index is 340. The molecule has 0 radical (unpaired) electrons. The molecule has 0 aliphatic heterocycles. The summed E-state index contributed by atoms with van der Waals surface area (Å²) in [4.78, 5) is 9.89. The molecule has 0 amide bonds. The first-order chi connectivity index (χ1) is 5.52. The smallest absolute Gasteiger partial charge is 0.258 e. The minimum atomic E-state index is -0.794. The van der Waals surface area contributed by atoms with Crippen molar-refractivity contribution in [2.75, 3.05) is 0 Å². The molecule has 1 aromatic rings. The first-order valence-electron chi connectivity index (χ1n) is 3.16. The molecule has 0 saturated heterocycles. The lowest BCUT2D eigenvalue weighted by Gasteiger charge is -1.98. The molecule has 0 aliphatic carbocycles. The lowest BCUT2D eigenvalue weighted by Crippen LogP contribution is -1.94. The van der Waals surface area contributed by atoms with Crippen molar-refractivity contribution in [3.63, 3.8) is 0 Å². The maximum absolute atomic E-state index is 13.0. The molecular formula is C7H6FNO2S. The number of hydrogen-bond acceptors (Lipinski definition) is 3. The van der Waals surface area contributed by atoms with Gasteiger partial charge in [-0.05, 0) is 18.6 Å². The van der Waals surface area contributed by atoms with E-state index in [1.807, 2.05) is 0 Å². The average Bonchev–Trinajstić information content (AvgIpc) is 1.96. The van der Waals surface area contributed by atoms with Gasteiger partial charge in [0.05, 0.1) is 4.92 Å². The van der Waals surface area contributed by atoms with E-state index in [-0.39, 0.29) is 5.56 Å². The second kappa shape index (κ2) is 3.10. The zero-order valence-electron chi connectivity index (χ0n) is 6.24. The maximum Gasteiger partial charge on any atom is 0.306 e. The fraction of sp³-hybridized carbons (Fsp3) is 0.143. The number of benzene rings is 1. The fourth-order valence-electron chi connectivity index (χ4n) is 0.865. The van der Waals surface area contributed by atoms with Gasteiger partial charge in [0.25, 0.3) is 0 Å². The van der Waals surface area contributed by atoms with Crippen LogP contribution in [0.1, 0.15) is 5.56 Å². The molecule has 5 heteroatoms. The Labute approximate surface area is 73.8 Å². The molecule has 12 heavy (non-hydrogen) atoms. The van der Waals surface area contributed by atoms with Crippen LogP contribution in [-0.2, 0) is 0 Å². The van der Waals surface area contributed by atoms with Crippen molar-refractivity contribution in [1.29, 1.82) is 0 Å². The summed E-state index contributed by atoms with van der Waals surface area (Å²) in [5, 5.41) is 10.3. The lowest BCUT2D eigenvalue weighted by atomic mass is 10.2. The van der Waals surface area contributed by atoms with Gasteiger partial charge in [0.1, 0.15) is 0 Å². The van der Waals surface area contributed by atoms with E-state index < -0.39 is 16.4 Å². The van der Waals surface area contributed by atoms with E-state index in [0.717, 1.165) is 6.07 Å². The normalized spacial score (nSPS) is 9.92. The van der Waals surface area contributed by atoms with Crippen molar-refractivity contribution in [3.05, 3.63) is 33.6 Å². The Kier molecular flexibility index (Phi) is 2.32. The number of nitro groups is 1. The van der Waals surface area contributed by atoms with Gasteiger partial charge in [0.2, 0.25) is 5.82 Å². The number of nitrogens with zero attached hydrogens (tertiary/aromatic N) is 1. The van der Waals surface area contributed by atoms with Crippen LogP contribution in [-0.4, -0.2) is 4.92 Å². The topological polar surface area (TPSA) is 43.1 Å². The molecule has 0 saturated carbocycles. The number of aryl methyl sites for hydroxylation is 1. The van der Waals surface area contributed by atoms with Gasteiger partial charge in [-0.1, -0.05) is 0 Å². The zero-order valence-corrected chi connectivity index (χ0v) is 7.14. The number of hydrogen-bond donors (Lipinski definition) is 1. The molecule has 0 aliphatic rings. The van der Waals surface area contributed by atoms with Gasteiger partial charge in [-0.25, -0.2) is 0 Å². The molecule has 0 N–H and O–H groups in total. The van der Waals surface area contributed by atoms with Crippen molar-refractivity contribution < 1.29 is 9.31 Å². The third-order valence-corrected chi connectivity index (χ3v) is 1.67. The molecule has 0 atom stereocenters. The highest BCUT2D eigenvalue weighted by Crippen LogP contribution is 2.23. The molecule has 0 heterocycles. The van der Waals surface area contributed by atoms with E-state index in [9.17, 15) is 14.5 Å². The van der Waals surface area contributed by atoms with Gasteiger partial charge in [-0.15, -0.1) is 12.6 Å². The van der Waals surface area contributed by atoms with Gasteiger partial charge in [-0.3, -0.25) is 10.1 Å². The van der Waals surface area contributed by atoms with Gasteiger partial charge in [0.15, 0.2) is 0 Å². The van der Waals surface area contributed by atoms with E-state index in [4.69, 9.17) is 0 Å². The van der Waals surface area contributed by atoms with Crippen molar-refractivity contribution >= 4 is 18.3 Å². The summed E-state index contributed by atoms with van der Waals surface area (Å²) in [6, 6.07) is 2.52. The van der Waals surface area contributed by atoms with E-state index in [2.05, 4.69) is 12.6 Å². The highest BCUT2D eigenvalue weighted by atomic mass is 32.1. The minimum absolute atomic E-state index is 0.231. The largest absolute Gasteiger partial charge is 0.306 e. The average molecular weight is 187 g/mol. The molecule has 0 spiro atoms. The number of thiol groups is 1. The van der Waals surface area contributed by atoms with Crippen LogP contribution in [0, 0.1) is 22.9 Å². The Hall–Kier alpha value is -1.10. The summed E-state index contributed by atoms with van der Waals surface area (Å²) in [6.07, 6.45) is 0. The molecule has 3 nitrogen and oxygen atoms in total. The number of nitro benzene ring substituents is 1. The Balaban J connectivity index is 3.37. The van der Waals surface area contributed by atoms with Crippen LogP contribution in [0.5, 0.6) is 0 Å². The van der Waals surface area contributed by atoms with Crippen molar-refractivity contribution in [2.45, 2.75) is 11.8 Å². The predicted molar refractivity (Wildman–Crippen MR) is 45.0 cm³/mol. The van der Waals surface area contributed by atoms with E-state index in [0.29, 0.717) is 4.90 Å². The second-order valence-corrected chi connectivity index (χ2v) is 2.87. The first-order valence-corrected chi connectivity index (χ1v) is 3.60. The third kappa shape index (κ3) is 1.55. The Morgan fingerprint density at radius 3 is 2.67 bits per heavy atom. The first kappa shape index (κ1) is 8.99. The molecule has 1 aromatic carbocycles. The highest BCUT2D eigenvalue weighted by molar-refractivity contribution is 7.80. The van der Waals surface area contributed by atoms with Crippen LogP contribution in [0.2, 0.25) is 0 Å². The zero-order chi connectivity index (χ0) is 9.30. The van der Waals surface area contributed by atoms with Crippen LogP contribution >= 0.6 is 12.6 Å². The molecule has 64 valence electrons. The summed E-state index contributed by atoms with van der Waals surface area (Å²) < 4.78 is 13.0. The monoisotopic (exact) mass is 187 g/mol. The van der Waals surface area contributed by atoms with E-state index in [1.165, 1.54) is 13.0 Å². The standard InChI is InChI=1S/C7H6FNO2S/c1-4-2-5(12)3-6(7(4)8)9(10)11/h2-3,12H,1H3. The maximum atomic E-state index is 13.0. The summed E-state index contributed by atoms with van der Waals surface area (Å²) in [7, 11) is 0. The van der Waals surface area contributed by atoms with Crippen molar-refractivity contribution in [3.8, 4) is 0 Å². The summed E-state index contributed by atoms with van der Waals surface area (Å²) in [6.45, 7) is 1.46. The van der Waals surface area contributed by atoms with Gasteiger partial charge in [0, 0.05) is 11.0 Å². The SMILES string of the molecule is Cc1cc(S)cc([N+](=O)[O-])c1F. The second-order valence-electron chi connectivity index (χ2n) is 2.35. The van der Waals surface area contributed by atoms with Crippen LogP contribution in [0.15, 0.2) is 17.0 Å². The quantitative estimate of drug-likeness (QED) is 0.416. The van der Waals surface area contributed by atoms with Gasteiger partial charge in [-0.2, -0.15) is 4.39 Å². The van der Waals surface area contributed by atoms with Crippen LogP contribution in [0.25, 0.3) is 0 Å². The van der Waals surface area contributed by atoms with Crippen LogP contribution < -0.4 is 0 Å². The third-order valence-electron chi connectivity index (χ3n) is 1.42. The summed E-state index contributed by atoms with van der Waals surface area (Å²) in [5.41, 5.74) is -0.297. The number of halogens is 1. The van der Waals surface area contributed by atoms with Crippen molar-refractivity contribution in [2.24, 2.45) is 0 Å². The molecule has 1 rings (SSSR count). The van der Waals surface area contributed by atoms with Crippen LogP contribution in [0.4, 0.5) is 10.1 Å². The lowest BCUT2D eigenvalue weighted by molar-refractivity contribution is -0.387. The van der Waals surface area contributed by atoms with E-state index in [1.54, 1.807) is 0 Å². The van der Waals surface area contributed by atoms with Gasteiger partial charge < -0.3 is 0 Å². The molecule has 0 bridgehead atoms. The molecule has 0 fully saturated rings. The Morgan fingerprint density at radius 2 is 2.17 bits per heavy atom. The molecule has 0 unspecified atom stereocenters. The predicted octanol–water partition coefficient (Wildman–Crippen LogP) is 2.33.